The van der Waals surface area contributed by atoms with Crippen LogP contribution < -0.4 is 10.5 Å². The molecule has 1 aliphatic heterocycles. The largest absolute Gasteiger partial charge is 0.474 e. The van der Waals surface area contributed by atoms with E-state index in [4.69, 9.17) is 15.5 Å². The third-order valence-electron chi connectivity index (χ3n) is 8.61. The Kier molecular flexibility index (Phi) is 5.94. The molecule has 1 saturated carbocycles. The summed E-state index contributed by atoms with van der Waals surface area (Å²) in [5.41, 5.74) is 8.21. The normalized spacial score (nSPS) is 20.2. The maximum Gasteiger partial charge on any atom is 0.420 e. The summed E-state index contributed by atoms with van der Waals surface area (Å²) in [4.78, 5) is 23.8. The fourth-order valence-electron chi connectivity index (χ4n) is 6.25. The monoisotopic (exact) mass is 588 g/mol. The summed E-state index contributed by atoms with van der Waals surface area (Å²) in [6, 6.07) is 12.9. The molecule has 2 aliphatic rings. The molecule has 3 atom stereocenters. The van der Waals surface area contributed by atoms with Gasteiger partial charge in [0, 0.05) is 60.5 Å². The second-order valence-electron chi connectivity index (χ2n) is 12.3. The van der Waals surface area contributed by atoms with Crippen molar-refractivity contribution in [1.29, 1.82) is 0 Å². The molecule has 7 rings (SSSR count). The van der Waals surface area contributed by atoms with Crippen LogP contribution >= 0.6 is 0 Å². The van der Waals surface area contributed by atoms with Gasteiger partial charge in [0.15, 0.2) is 0 Å². The average molecular weight is 589 g/mol. The van der Waals surface area contributed by atoms with E-state index in [-0.39, 0.29) is 29.2 Å². The van der Waals surface area contributed by atoms with Crippen LogP contribution in [-0.2, 0) is 11.7 Å². The molecule has 8 nitrogen and oxygen atoms in total. The zero-order chi connectivity index (χ0) is 30.4. The topological polar surface area (TPSA) is 90.7 Å². The third kappa shape index (κ3) is 4.71. The molecule has 1 saturated heterocycles. The van der Waals surface area contributed by atoms with E-state index in [1.807, 2.05) is 48.9 Å². The molecular weight excluding hydrogens is 557 g/mol. The van der Waals surface area contributed by atoms with Crippen molar-refractivity contribution >= 4 is 22.5 Å². The Morgan fingerprint density at radius 1 is 1.02 bits per heavy atom. The first-order valence-corrected chi connectivity index (χ1v) is 14.2. The number of amides is 1. The number of alkyl halides is 3. The maximum atomic E-state index is 13.8. The van der Waals surface area contributed by atoms with Gasteiger partial charge in [-0.15, -0.1) is 0 Å². The molecule has 0 radical (unpaired) electrons. The number of aromatic nitrogens is 4. The number of aryl methyl sites for hydroxylation is 2. The molecule has 4 aromatic heterocycles. The van der Waals surface area contributed by atoms with Crippen LogP contribution in [0, 0.1) is 25.7 Å². The Morgan fingerprint density at radius 3 is 2.47 bits per heavy atom. The second kappa shape index (κ2) is 9.31. The van der Waals surface area contributed by atoms with Gasteiger partial charge in [-0.05, 0) is 63.1 Å². The van der Waals surface area contributed by atoms with E-state index in [1.54, 1.807) is 11.8 Å². The van der Waals surface area contributed by atoms with Gasteiger partial charge in [-0.25, -0.2) is 4.98 Å². The average Bonchev–Trinajstić information content (AvgIpc) is 3.36. The van der Waals surface area contributed by atoms with Gasteiger partial charge in [0.25, 0.3) is 5.91 Å². The number of fused-ring (bicyclic) bond motifs is 3. The molecule has 1 aliphatic carbocycles. The predicted octanol–water partition coefficient (Wildman–Crippen LogP) is 5.65. The minimum Gasteiger partial charge on any atom is -0.474 e. The van der Waals surface area contributed by atoms with Crippen molar-refractivity contribution in [2.45, 2.75) is 45.5 Å². The van der Waals surface area contributed by atoms with Crippen LogP contribution in [0.1, 0.15) is 46.6 Å². The number of ether oxygens (including phenoxy) is 1. The van der Waals surface area contributed by atoms with Gasteiger partial charge in [0.2, 0.25) is 5.88 Å². The highest BCUT2D eigenvalue weighted by Gasteiger charge is 2.59. The number of imidazole rings is 1. The minimum absolute atomic E-state index is 0.0191. The Bertz CT molecular complexity index is 1910. The first kappa shape index (κ1) is 27.5. The summed E-state index contributed by atoms with van der Waals surface area (Å²) in [7, 11) is 0. The van der Waals surface area contributed by atoms with Crippen molar-refractivity contribution in [3.8, 4) is 11.7 Å². The number of benzene rings is 1. The van der Waals surface area contributed by atoms with E-state index in [0.717, 1.165) is 22.5 Å². The van der Waals surface area contributed by atoms with Crippen LogP contribution in [0.5, 0.6) is 5.88 Å². The summed E-state index contributed by atoms with van der Waals surface area (Å²) in [5.74, 6) is 0.848. The molecule has 0 bridgehead atoms. The summed E-state index contributed by atoms with van der Waals surface area (Å²) >= 11 is 0. The van der Waals surface area contributed by atoms with Crippen LogP contribution in [0.25, 0.3) is 22.4 Å². The van der Waals surface area contributed by atoms with Crippen molar-refractivity contribution in [2.24, 2.45) is 17.6 Å². The second-order valence-corrected chi connectivity index (χ2v) is 12.3. The Morgan fingerprint density at radius 2 is 1.77 bits per heavy atom. The summed E-state index contributed by atoms with van der Waals surface area (Å²) in [6.07, 6.45) is 0.115. The number of hydrogen-bond donors (Lipinski definition) is 1. The zero-order valence-corrected chi connectivity index (χ0v) is 24.2. The van der Waals surface area contributed by atoms with Gasteiger partial charge in [-0.1, -0.05) is 12.1 Å². The van der Waals surface area contributed by atoms with Crippen molar-refractivity contribution in [3.63, 3.8) is 0 Å². The van der Waals surface area contributed by atoms with Gasteiger partial charge < -0.3 is 24.3 Å². The number of hydrogen-bond acceptors (Lipinski definition) is 5. The first-order chi connectivity index (χ1) is 20.3. The van der Waals surface area contributed by atoms with Gasteiger partial charge >= 0.3 is 6.18 Å². The van der Waals surface area contributed by atoms with E-state index in [1.165, 1.54) is 22.4 Å². The number of halogens is 3. The summed E-state index contributed by atoms with van der Waals surface area (Å²) < 4.78 is 51.0. The first-order valence-electron chi connectivity index (χ1n) is 14.2. The number of nitrogens with two attached hydrogens (primary N) is 1. The van der Waals surface area contributed by atoms with Crippen LogP contribution in [0.3, 0.4) is 0 Å². The highest BCUT2D eigenvalue weighted by Crippen LogP contribution is 2.48. The maximum absolute atomic E-state index is 13.8. The molecule has 1 amide bonds. The van der Waals surface area contributed by atoms with E-state index in [9.17, 15) is 18.0 Å². The number of likely N-dealkylation sites (tertiary alicyclic amines) is 1. The van der Waals surface area contributed by atoms with Crippen molar-refractivity contribution < 1.29 is 22.7 Å². The van der Waals surface area contributed by atoms with E-state index < -0.39 is 23.2 Å². The Balaban J connectivity index is 1.11. The number of carbonyl (C=O) groups excluding carboxylic acids is 1. The quantitative estimate of drug-likeness (QED) is 0.287. The fourth-order valence-corrected chi connectivity index (χ4v) is 6.25. The number of carbonyl (C=O) groups is 1. The van der Waals surface area contributed by atoms with Crippen LogP contribution in [0.2, 0.25) is 0 Å². The summed E-state index contributed by atoms with van der Waals surface area (Å²) in [6.45, 7) is 8.33. The van der Waals surface area contributed by atoms with Crippen molar-refractivity contribution in [3.05, 3.63) is 89.0 Å². The molecule has 1 aromatic carbocycles. The molecule has 2 N–H and O–H groups in total. The fraction of sp³-hybridized carbons (Fsp3) is 0.344. The summed E-state index contributed by atoms with van der Waals surface area (Å²) in [5, 5.41) is 1.13. The molecule has 1 unspecified atom stereocenters. The predicted molar refractivity (Wildman–Crippen MR) is 155 cm³/mol. The molecule has 2 fully saturated rings. The van der Waals surface area contributed by atoms with Crippen LogP contribution in [0.4, 0.5) is 13.2 Å². The van der Waals surface area contributed by atoms with E-state index >= 15 is 0 Å². The Labute approximate surface area is 245 Å². The van der Waals surface area contributed by atoms with Gasteiger partial charge in [-0.2, -0.15) is 18.2 Å². The molecule has 0 spiro atoms. The molecule has 5 heterocycles. The Hall–Kier alpha value is -4.38. The molecule has 5 aromatic rings. The smallest absolute Gasteiger partial charge is 0.420 e. The molecule has 222 valence electrons. The van der Waals surface area contributed by atoms with Gasteiger partial charge in [-0.3, -0.25) is 4.79 Å². The minimum atomic E-state index is -4.63. The molecule has 43 heavy (non-hydrogen) atoms. The number of pyridine rings is 2. The lowest BCUT2D eigenvalue weighted by Gasteiger charge is -2.23. The zero-order valence-electron chi connectivity index (χ0n) is 24.2. The van der Waals surface area contributed by atoms with Crippen LogP contribution in [-0.4, -0.2) is 48.9 Å². The number of nitrogens with zero attached hydrogens (tertiary/aromatic N) is 5. The lowest BCUT2D eigenvalue weighted by Crippen LogP contribution is -2.33. The number of rotatable bonds is 5. The highest BCUT2D eigenvalue weighted by atomic mass is 19.4. The third-order valence-corrected chi connectivity index (χ3v) is 8.61. The van der Waals surface area contributed by atoms with E-state index in [2.05, 4.69) is 24.0 Å². The van der Waals surface area contributed by atoms with Gasteiger partial charge in [0.1, 0.15) is 17.6 Å². The number of piperidine rings is 1. The standard InChI is InChI=1S/C32H31F3N6O2/c1-17-6-5-7-25-21(17)8-9-41(25)26-11-20(31(3,4)36)12-27(38-26)43-28-22-15-40(16-23(22)28)30(42)19-10-24(32(33,34)35)29-37-18(2)13-39(29)14-19/h5-14,22-23,28H,15-16,36H2,1-4H3/t22-,23+,28?. The van der Waals surface area contributed by atoms with Crippen molar-refractivity contribution in [2.75, 3.05) is 13.1 Å². The lowest BCUT2D eigenvalue weighted by molar-refractivity contribution is -0.136. The lowest BCUT2D eigenvalue weighted by atomic mass is 9.96. The molecular formula is C32H31F3N6O2. The SMILES string of the molecule is Cc1cn2cc(C(=O)N3C[C@@H]4C(Oc5cc(C(C)(C)N)cc(-n6ccc7c(C)cccc76)n5)[C@@H]4C3)cc(C(F)(F)F)c2n1. The van der Waals surface area contributed by atoms with E-state index in [0.29, 0.717) is 30.5 Å². The van der Waals surface area contributed by atoms with Crippen molar-refractivity contribution in [1.82, 2.24) is 23.8 Å². The highest BCUT2D eigenvalue weighted by molar-refractivity contribution is 5.95. The van der Waals surface area contributed by atoms with Crippen LogP contribution in [0.15, 0.2) is 61.1 Å². The van der Waals surface area contributed by atoms with Gasteiger partial charge in [0.05, 0.1) is 22.3 Å². The molecule has 11 heteroatoms.